The Morgan fingerprint density at radius 3 is 2.85 bits per heavy atom. The zero-order valence-electron chi connectivity index (χ0n) is 11.5. The van der Waals surface area contributed by atoms with Crippen molar-refractivity contribution in [3.8, 4) is 22.9 Å². The fourth-order valence-corrected chi connectivity index (χ4v) is 2.19. The van der Waals surface area contributed by atoms with Crippen LogP contribution in [0.15, 0.2) is 18.2 Å². The maximum absolute atomic E-state index is 5.69. The van der Waals surface area contributed by atoms with Crippen molar-refractivity contribution in [1.29, 1.82) is 0 Å². The van der Waals surface area contributed by atoms with E-state index in [1.54, 1.807) is 4.68 Å². The molecule has 0 saturated heterocycles. The van der Waals surface area contributed by atoms with Gasteiger partial charge in [-0.1, -0.05) is 0 Å². The Labute approximate surface area is 117 Å². The van der Waals surface area contributed by atoms with Gasteiger partial charge >= 0.3 is 0 Å². The SMILES string of the molecule is Cn1nc(-c2ccc3c(c2)OCCCO3)nc1CCN. The maximum atomic E-state index is 5.69. The van der Waals surface area contributed by atoms with Crippen LogP contribution in [0.2, 0.25) is 0 Å². The van der Waals surface area contributed by atoms with Gasteiger partial charge in [-0.25, -0.2) is 4.98 Å². The smallest absolute Gasteiger partial charge is 0.181 e. The second-order valence-electron chi connectivity index (χ2n) is 4.73. The van der Waals surface area contributed by atoms with Crippen LogP contribution in [0.5, 0.6) is 11.5 Å². The molecule has 1 aliphatic heterocycles. The summed E-state index contributed by atoms with van der Waals surface area (Å²) < 4.78 is 13.1. The van der Waals surface area contributed by atoms with Gasteiger partial charge in [-0.2, -0.15) is 5.10 Å². The monoisotopic (exact) mass is 274 g/mol. The summed E-state index contributed by atoms with van der Waals surface area (Å²) in [7, 11) is 1.88. The Bertz CT molecular complexity index is 609. The minimum atomic E-state index is 0.563. The first-order valence-corrected chi connectivity index (χ1v) is 6.78. The van der Waals surface area contributed by atoms with Gasteiger partial charge in [0.15, 0.2) is 17.3 Å². The van der Waals surface area contributed by atoms with E-state index in [-0.39, 0.29) is 0 Å². The lowest BCUT2D eigenvalue weighted by Crippen LogP contribution is -2.08. The molecule has 1 aromatic heterocycles. The first-order valence-electron chi connectivity index (χ1n) is 6.78. The van der Waals surface area contributed by atoms with Gasteiger partial charge in [-0.15, -0.1) is 0 Å². The summed E-state index contributed by atoms with van der Waals surface area (Å²) >= 11 is 0. The summed E-state index contributed by atoms with van der Waals surface area (Å²) in [6.45, 7) is 1.92. The quantitative estimate of drug-likeness (QED) is 0.908. The first-order chi connectivity index (χ1) is 9.78. The Hall–Kier alpha value is -2.08. The number of fused-ring (bicyclic) bond motifs is 1. The Morgan fingerprint density at radius 2 is 2.05 bits per heavy atom. The topological polar surface area (TPSA) is 75.2 Å². The molecular formula is C14H18N4O2. The van der Waals surface area contributed by atoms with Crippen LogP contribution in [0.3, 0.4) is 0 Å². The van der Waals surface area contributed by atoms with Gasteiger partial charge in [0.2, 0.25) is 0 Å². The summed E-state index contributed by atoms with van der Waals surface area (Å²) in [5.41, 5.74) is 6.49. The molecule has 20 heavy (non-hydrogen) atoms. The van der Waals surface area contributed by atoms with E-state index in [9.17, 15) is 0 Å². The van der Waals surface area contributed by atoms with Crippen molar-refractivity contribution in [3.05, 3.63) is 24.0 Å². The second-order valence-corrected chi connectivity index (χ2v) is 4.73. The van der Waals surface area contributed by atoms with E-state index < -0.39 is 0 Å². The zero-order valence-corrected chi connectivity index (χ0v) is 11.5. The number of aromatic nitrogens is 3. The van der Waals surface area contributed by atoms with Crippen molar-refractivity contribution >= 4 is 0 Å². The van der Waals surface area contributed by atoms with E-state index in [0.717, 1.165) is 29.3 Å². The van der Waals surface area contributed by atoms with Crippen molar-refractivity contribution in [3.63, 3.8) is 0 Å². The average molecular weight is 274 g/mol. The molecule has 0 fully saturated rings. The summed E-state index contributed by atoms with van der Waals surface area (Å²) in [5.74, 6) is 3.11. The molecule has 2 aromatic rings. The third-order valence-corrected chi connectivity index (χ3v) is 3.23. The van der Waals surface area contributed by atoms with E-state index in [0.29, 0.717) is 32.0 Å². The van der Waals surface area contributed by atoms with E-state index in [2.05, 4.69) is 10.1 Å². The van der Waals surface area contributed by atoms with Gasteiger partial charge in [0.25, 0.3) is 0 Å². The van der Waals surface area contributed by atoms with Crippen LogP contribution < -0.4 is 15.2 Å². The third kappa shape index (κ3) is 2.46. The summed E-state index contributed by atoms with van der Waals surface area (Å²) in [6.07, 6.45) is 1.61. The molecule has 1 aliphatic rings. The molecule has 0 amide bonds. The average Bonchev–Trinajstić information content (AvgIpc) is 2.69. The number of hydrogen-bond donors (Lipinski definition) is 1. The lowest BCUT2D eigenvalue weighted by Gasteiger charge is -2.07. The highest BCUT2D eigenvalue weighted by atomic mass is 16.5. The number of rotatable bonds is 3. The Balaban J connectivity index is 1.94. The van der Waals surface area contributed by atoms with Gasteiger partial charge in [-0.3, -0.25) is 4.68 Å². The van der Waals surface area contributed by atoms with E-state index in [4.69, 9.17) is 15.2 Å². The summed E-state index contributed by atoms with van der Waals surface area (Å²) in [4.78, 5) is 4.52. The molecule has 1 aromatic carbocycles. The molecule has 106 valence electrons. The van der Waals surface area contributed by atoms with Gasteiger partial charge in [0.1, 0.15) is 5.82 Å². The normalized spacial score (nSPS) is 14.1. The van der Waals surface area contributed by atoms with Crippen molar-refractivity contribution < 1.29 is 9.47 Å². The van der Waals surface area contributed by atoms with Crippen LogP contribution in [0, 0.1) is 0 Å². The van der Waals surface area contributed by atoms with Crippen LogP contribution in [0.1, 0.15) is 12.2 Å². The van der Waals surface area contributed by atoms with Gasteiger partial charge in [0.05, 0.1) is 13.2 Å². The summed E-state index contributed by atoms with van der Waals surface area (Å²) in [5, 5.41) is 4.43. The molecule has 0 atom stereocenters. The van der Waals surface area contributed by atoms with Crippen LogP contribution in [-0.2, 0) is 13.5 Å². The molecule has 0 aliphatic carbocycles. The number of nitrogens with two attached hydrogens (primary N) is 1. The van der Waals surface area contributed by atoms with Crippen LogP contribution in [0.4, 0.5) is 0 Å². The molecule has 0 unspecified atom stereocenters. The molecule has 2 heterocycles. The lowest BCUT2D eigenvalue weighted by atomic mass is 10.2. The number of aryl methyl sites for hydroxylation is 1. The number of benzene rings is 1. The van der Waals surface area contributed by atoms with Crippen molar-refractivity contribution in [2.75, 3.05) is 19.8 Å². The highest BCUT2D eigenvalue weighted by molar-refractivity contribution is 5.61. The Morgan fingerprint density at radius 1 is 1.25 bits per heavy atom. The number of ether oxygens (including phenoxy) is 2. The van der Waals surface area contributed by atoms with Crippen LogP contribution in [-0.4, -0.2) is 34.5 Å². The Kier molecular flexibility index (Phi) is 3.56. The highest BCUT2D eigenvalue weighted by Gasteiger charge is 2.14. The molecule has 6 nitrogen and oxygen atoms in total. The van der Waals surface area contributed by atoms with Gasteiger partial charge < -0.3 is 15.2 Å². The second kappa shape index (κ2) is 5.50. The largest absolute Gasteiger partial charge is 0.490 e. The molecule has 0 radical (unpaired) electrons. The minimum absolute atomic E-state index is 0.563. The predicted molar refractivity (Wildman–Crippen MR) is 74.8 cm³/mol. The van der Waals surface area contributed by atoms with Crippen molar-refractivity contribution in [1.82, 2.24) is 14.8 Å². The van der Waals surface area contributed by atoms with Crippen LogP contribution >= 0.6 is 0 Å². The number of nitrogens with zero attached hydrogens (tertiary/aromatic N) is 3. The zero-order chi connectivity index (χ0) is 13.9. The fraction of sp³-hybridized carbons (Fsp3) is 0.429. The van der Waals surface area contributed by atoms with Crippen molar-refractivity contribution in [2.24, 2.45) is 12.8 Å². The maximum Gasteiger partial charge on any atom is 0.181 e. The molecular weight excluding hydrogens is 256 g/mol. The lowest BCUT2D eigenvalue weighted by molar-refractivity contribution is 0.297. The number of hydrogen-bond acceptors (Lipinski definition) is 5. The van der Waals surface area contributed by atoms with E-state index in [1.165, 1.54) is 0 Å². The van der Waals surface area contributed by atoms with E-state index in [1.807, 2.05) is 25.2 Å². The minimum Gasteiger partial charge on any atom is -0.490 e. The standard InChI is InChI=1S/C14H18N4O2/c1-18-13(5-6-15)16-14(17-18)10-3-4-11-12(9-10)20-8-2-7-19-11/h3-4,9H,2,5-8,15H2,1H3. The van der Waals surface area contributed by atoms with Crippen LogP contribution in [0.25, 0.3) is 11.4 Å². The molecule has 2 N–H and O–H groups in total. The van der Waals surface area contributed by atoms with E-state index >= 15 is 0 Å². The predicted octanol–water partition coefficient (Wildman–Crippen LogP) is 1.14. The van der Waals surface area contributed by atoms with Gasteiger partial charge in [0, 0.05) is 25.5 Å². The summed E-state index contributed by atoms with van der Waals surface area (Å²) in [6, 6.07) is 5.80. The third-order valence-electron chi connectivity index (χ3n) is 3.23. The molecule has 0 saturated carbocycles. The molecule has 0 spiro atoms. The highest BCUT2D eigenvalue weighted by Crippen LogP contribution is 2.33. The molecule has 0 bridgehead atoms. The first kappa shape index (κ1) is 12.9. The molecule has 6 heteroatoms. The molecule has 3 rings (SSSR count). The fourth-order valence-electron chi connectivity index (χ4n) is 2.19. The van der Waals surface area contributed by atoms with Crippen molar-refractivity contribution in [2.45, 2.75) is 12.8 Å². The van der Waals surface area contributed by atoms with Gasteiger partial charge in [-0.05, 0) is 24.7 Å².